The third kappa shape index (κ3) is 3.21. The first-order valence-electron chi connectivity index (χ1n) is 9.31. The molecule has 2 amide bonds. The Balaban J connectivity index is 1.72. The Morgan fingerprint density at radius 1 is 1.11 bits per heavy atom. The van der Waals surface area contributed by atoms with Crippen molar-refractivity contribution in [2.45, 2.75) is 44.7 Å². The highest BCUT2D eigenvalue weighted by molar-refractivity contribution is 5.99. The summed E-state index contributed by atoms with van der Waals surface area (Å²) in [6.07, 6.45) is 2.39. The van der Waals surface area contributed by atoms with Crippen molar-refractivity contribution in [3.05, 3.63) is 34.2 Å². The van der Waals surface area contributed by atoms with Gasteiger partial charge in [-0.25, -0.2) is 4.68 Å². The summed E-state index contributed by atoms with van der Waals surface area (Å²) in [5, 5.41) is 8.00. The van der Waals surface area contributed by atoms with Gasteiger partial charge in [0.2, 0.25) is 5.91 Å². The molecule has 1 aromatic carbocycles. The van der Waals surface area contributed by atoms with Gasteiger partial charge in [-0.05, 0) is 44.4 Å². The van der Waals surface area contributed by atoms with Crippen LogP contribution in [0.25, 0.3) is 10.8 Å². The fourth-order valence-electron chi connectivity index (χ4n) is 3.88. The van der Waals surface area contributed by atoms with Crippen molar-refractivity contribution < 1.29 is 9.59 Å². The van der Waals surface area contributed by atoms with Gasteiger partial charge in [0.25, 0.3) is 11.5 Å². The van der Waals surface area contributed by atoms with Gasteiger partial charge >= 0.3 is 0 Å². The summed E-state index contributed by atoms with van der Waals surface area (Å²) >= 11 is 0. The molecule has 0 spiro atoms. The smallest absolute Gasteiger partial charge is 0.275 e. The summed E-state index contributed by atoms with van der Waals surface area (Å²) in [6, 6.07) is 5.24. The fourth-order valence-corrected chi connectivity index (χ4v) is 3.88. The monoisotopic (exact) mass is 369 g/mol. The third-order valence-corrected chi connectivity index (χ3v) is 5.50. The molecule has 2 aromatic rings. The predicted octanol–water partition coefficient (Wildman–Crippen LogP) is 0.610. The SMILES string of the molecule is Cc1nn(C2CCC(=O)NC2=O)c(=O)c2ccc(N3CCC(N)CC3)cc12. The number of fused-ring (bicyclic) bond motifs is 1. The van der Waals surface area contributed by atoms with Gasteiger partial charge in [0.05, 0.1) is 11.1 Å². The number of hydrogen-bond donors (Lipinski definition) is 2. The minimum Gasteiger partial charge on any atom is -0.371 e. The van der Waals surface area contributed by atoms with E-state index in [1.54, 1.807) is 6.07 Å². The lowest BCUT2D eigenvalue weighted by atomic mass is 10.0. The van der Waals surface area contributed by atoms with Crippen LogP contribution in [0, 0.1) is 6.92 Å². The molecular weight excluding hydrogens is 346 g/mol. The van der Waals surface area contributed by atoms with E-state index in [4.69, 9.17) is 5.73 Å². The Bertz CT molecular complexity index is 975. The van der Waals surface area contributed by atoms with E-state index in [-0.39, 0.29) is 30.3 Å². The summed E-state index contributed by atoms with van der Waals surface area (Å²) in [5.41, 5.74) is 7.41. The van der Waals surface area contributed by atoms with Crippen molar-refractivity contribution in [1.82, 2.24) is 15.1 Å². The van der Waals surface area contributed by atoms with Crippen LogP contribution in [0.3, 0.4) is 0 Å². The molecular formula is C19H23N5O3. The fraction of sp³-hybridized carbons (Fsp3) is 0.474. The first-order valence-corrected chi connectivity index (χ1v) is 9.31. The number of nitrogens with one attached hydrogen (secondary N) is 1. The number of aromatic nitrogens is 2. The molecule has 2 saturated heterocycles. The number of nitrogens with two attached hydrogens (primary N) is 1. The number of aryl methyl sites for hydroxylation is 1. The molecule has 3 N–H and O–H groups in total. The molecule has 0 saturated carbocycles. The van der Waals surface area contributed by atoms with Crippen LogP contribution in [0.5, 0.6) is 0 Å². The molecule has 3 heterocycles. The number of rotatable bonds is 2. The first kappa shape index (κ1) is 17.7. The Morgan fingerprint density at radius 2 is 1.85 bits per heavy atom. The zero-order chi connectivity index (χ0) is 19.1. The maximum absolute atomic E-state index is 12.9. The van der Waals surface area contributed by atoms with E-state index >= 15 is 0 Å². The van der Waals surface area contributed by atoms with Crippen LogP contribution in [0.4, 0.5) is 5.69 Å². The average molecular weight is 369 g/mol. The summed E-state index contributed by atoms with van der Waals surface area (Å²) in [6.45, 7) is 3.62. The lowest BCUT2D eigenvalue weighted by molar-refractivity contribution is -0.136. The number of hydrogen-bond acceptors (Lipinski definition) is 6. The normalized spacial score (nSPS) is 21.6. The highest BCUT2D eigenvalue weighted by Gasteiger charge is 2.30. The van der Waals surface area contributed by atoms with Crippen LogP contribution in [-0.4, -0.2) is 40.7 Å². The van der Waals surface area contributed by atoms with E-state index in [2.05, 4.69) is 15.3 Å². The summed E-state index contributed by atoms with van der Waals surface area (Å²) in [5.74, 6) is -0.784. The maximum atomic E-state index is 12.9. The summed E-state index contributed by atoms with van der Waals surface area (Å²) < 4.78 is 1.22. The van der Waals surface area contributed by atoms with Gasteiger partial charge in [-0.3, -0.25) is 19.7 Å². The standard InChI is InChI=1S/C19H23N5O3/c1-11-15-10-13(23-8-6-12(20)7-9-23)2-3-14(15)19(27)24(22-11)16-4-5-17(25)21-18(16)26/h2-3,10,12,16H,4-9,20H2,1H3,(H,21,25,26). The lowest BCUT2D eigenvalue weighted by Crippen LogP contribution is -2.45. The van der Waals surface area contributed by atoms with Crippen LogP contribution in [-0.2, 0) is 9.59 Å². The molecule has 2 aliphatic heterocycles. The zero-order valence-corrected chi connectivity index (χ0v) is 15.3. The average Bonchev–Trinajstić information content (AvgIpc) is 2.65. The molecule has 8 heteroatoms. The van der Waals surface area contributed by atoms with Crippen molar-refractivity contribution in [3.8, 4) is 0 Å². The number of amides is 2. The quantitative estimate of drug-likeness (QED) is 0.751. The third-order valence-electron chi connectivity index (χ3n) is 5.50. The van der Waals surface area contributed by atoms with Gasteiger partial charge in [-0.15, -0.1) is 0 Å². The summed E-state index contributed by atoms with van der Waals surface area (Å²) in [7, 11) is 0. The Kier molecular flexibility index (Phi) is 4.43. The van der Waals surface area contributed by atoms with Crippen LogP contribution in [0.2, 0.25) is 0 Å². The molecule has 1 unspecified atom stereocenters. The number of carbonyl (C=O) groups is 2. The second kappa shape index (κ2) is 6.77. The Morgan fingerprint density at radius 3 is 2.56 bits per heavy atom. The first-order chi connectivity index (χ1) is 12.9. The molecule has 1 atom stereocenters. The largest absolute Gasteiger partial charge is 0.371 e. The summed E-state index contributed by atoms with van der Waals surface area (Å²) in [4.78, 5) is 38.7. The van der Waals surface area contributed by atoms with Crippen LogP contribution in [0.15, 0.2) is 23.0 Å². The Labute approximate surface area is 156 Å². The topological polar surface area (TPSA) is 110 Å². The van der Waals surface area contributed by atoms with E-state index < -0.39 is 11.9 Å². The van der Waals surface area contributed by atoms with Crippen molar-refractivity contribution in [2.75, 3.05) is 18.0 Å². The molecule has 2 aliphatic rings. The van der Waals surface area contributed by atoms with Gasteiger partial charge in [0.15, 0.2) is 0 Å². The molecule has 8 nitrogen and oxygen atoms in total. The number of anilines is 1. The molecule has 142 valence electrons. The van der Waals surface area contributed by atoms with Gasteiger partial charge in [-0.1, -0.05) is 0 Å². The number of benzene rings is 1. The minimum absolute atomic E-state index is 0.206. The minimum atomic E-state index is -0.749. The van der Waals surface area contributed by atoms with Gasteiger partial charge < -0.3 is 10.6 Å². The van der Waals surface area contributed by atoms with Crippen molar-refractivity contribution in [3.63, 3.8) is 0 Å². The van der Waals surface area contributed by atoms with Crippen LogP contribution < -0.4 is 21.5 Å². The van der Waals surface area contributed by atoms with Crippen LogP contribution in [0.1, 0.15) is 37.4 Å². The number of carbonyl (C=O) groups excluding carboxylic acids is 2. The van der Waals surface area contributed by atoms with Crippen molar-refractivity contribution in [2.24, 2.45) is 5.73 Å². The molecule has 2 fully saturated rings. The lowest BCUT2D eigenvalue weighted by Gasteiger charge is -2.32. The molecule has 4 rings (SSSR count). The predicted molar refractivity (Wildman–Crippen MR) is 102 cm³/mol. The number of nitrogens with zero attached hydrogens (tertiary/aromatic N) is 3. The van der Waals surface area contributed by atoms with E-state index in [1.807, 2.05) is 19.1 Å². The number of piperidine rings is 2. The van der Waals surface area contributed by atoms with E-state index in [9.17, 15) is 14.4 Å². The van der Waals surface area contributed by atoms with Crippen molar-refractivity contribution >= 4 is 28.3 Å². The van der Waals surface area contributed by atoms with Gasteiger partial charge in [-0.2, -0.15) is 5.10 Å². The second-order valence-electron chi connectivity index (χ2n) is 7.36. The Hall–Kier alpha value is -2.74. The molecule has 0 radical (unpaired) electrons. The maximum Gasteiger partial charge on any atom is 0.275 e. The molecule has 0 aliphatic carbocycles. The van der Waals surface area contributed by atoms with E-state index in [1.165, 1.54) is 4.68 Å². The van der Waals surface area contributed by atoms with Crippen molar-refractivity contribution in [1.29, 1.82) is 0 Å². The molecule has 0 bridgehead atoms. The van der Waals surface area contributed by atoms with Gasteiger partial charge in [0, 0.05) is 36.6 Å². The van der Waals surface area contributed by atoms with Crippen LogP contribution >= 0.6 is 0 Å². The number of imide groups is 1. The highest BCUT2D eigenvalue weighted by atomic mass is 16.2. The second-order valence-corrected chi connectivity index (χ2v) is 7.36. The van der Waals surface area contributed by atoms with Gasteiger partial charge in [0.1, 0.15) is 6.04 Å². The molecule has 1 aromatic heterocycles. The van der Waals surface area contributed by atoms with E-state index in [0.29, 0.717) is 11.1 Å². The zero-order valence-electron chi connectivity index (χ0n) is 15.3. The molecule has 27 heavy (non-hydrogen) atoms. The van der Waals surface area contributed by atoms with E-state index in [0.717, 1.165) is 37.0 Å². The highest BCUT2D eigenvalue weighted by Crippen LogP contribution is 2.25.